The van der Waals surface area contributed by atoms with Gasteiger partial charge < -0.3 is 14.8 Å². The van der Waals surface area contributed by atoms with Crippen LogP contribution in [0.1, 0.15) is 25.5 Å². The number of benzene rings is 2. The van der Waals surface area contributed by atoms with E-state index in [0.717, 1.165) is 18.2 Å². The van der Waals surface area contributed by atoms with Gasteiger partial charge in [-0.05, 0) is 31.7 Å². The molecule has 1 atom stereocenters. The molecule has 0 unspecified atom stereocenters. The molecule has 1 aliphatic heterocycles. The normalized spacial score (nSPS) is 15.9. The maximum absolute atomic E-state index is 14.6. The number of aromatic nitrogens is 2. The Morgan fingerprint density at radius 3 is 2.88 bits per heavy atom. The minimum Gasteiger partial charge on any atom is -0.489 e. The number of halogens is 2. The number of likely N-dealkylation sites (N-methyl/N-ethyl adjacent to an activating group) is 1. The number of nitrogens with zero attached hydrogens (tertiary/aromatic N) is 2. The van der Waals surface area contributed by atoms with Crippen LogP contribution >= 0.6 is 0 Å². The summed E-state index contributed by atoms with van der Waals surface area (Å²) in [6, 6.07) is 8.40. The average Bonchev–Trinajstić information content (AvgIpc) is 3.21. The van der Waals surface area contributed by atoms with Gasteiger partial charge in [-0.25, -0.2) is 8.78 Å². The van der Waals surface area contributed by atoms with Gasteiger partial charge in [0.2, 0.25) is 0 Å². The van der Waals surface area contributed by atoms with Gasteiger partial charge in [0.05, 0.1) is 23.9 Å². The van der Waals surface area contributed by atoms with Crippen molar-refractivity contribution in [1.29, 1.82) is 0 Å². The highest BCUT2D eigenvalue weighted by Crippen LogP contribution is 2.41. The maximum atomic E-state index is 14.6. The maximum Gasteiger partial charge on any atom is 0.302 e. The van der Waals surface area contributed by atoms with Crippen LogP contribution in [0, 0.1) is 11.6 Å². The molecule has 1 aliphatic rings. The summed E-state index contributed by atoms with van der Waals surface area (Å²) in [4.78, 5) is 4.32. The van der Waals surface area contributed by atoms with Crippen molar-refractivity contribution in [3.8, 4) is 17.4 Å². The zero-order chi connectivity index (χ0) is 18.3. The van der Waals surface area contributed by atoms with E-state index in [4.69, 9.17) is 9.47 Å². The van der Waals surface area contributed by atoms with Gasteiger partial charge in [0.1, 0.15) is 17.9 Å². The molecule has 0 amide bonds. The van der Waals surface area contributed by atoms with Gasteiger partial charge in [0, 0.05) is 5.56 Å². The first-order valence-electron chi connectivity index (χ1n) is 8.64. The van der Waals surface area contributed by atoms with Gasteiger partial charge in [-0.3, -0.25) is 4.57 Å². The highest BCUT2D eigenvalue weighted by molar-refractivity contribution is 5.81. The van der Waals surface area contributed by atoms with Gasteiger partial charge in [0.25, 0.3) is 0 Å². The molecule has 2 aromatic carbocycles. The van der Waals surface area contributed by atoms with E-state index < -0.39 is 11.6 Å². The second-order valence-corrected chi connectivity index (χ2v) is 6.01. The Morgan fingerprint density at radius 1 is 1.27 bits per heavy atom. The molecule has 7 heteroatoms. The third kappa shape index (κ3) is 2.50. The van der Waals surface area contributed by atoms with Crippen LogP contribution in [0.3, 0.4) is 0 Å². The largest absolute Gasteiger partial charge is 0.489 e. The van der Waals surface area contributed by atoms with E-state index in [-0.39, 0.29) is 17.6 Å². The lowest BCUT2D eigenvalue weighted by atomic mass is 10.1. The van der Waals surface area contributed by atoms with Crippen LogP contribution in [0.15, 0.2) is 30.3 Å². The fourth-order valence-electron chi connectivity index (χ4n) is 3.35. The van der Waals surface area contributed by atoms with Crippen molar-refractivity contribution in [2.75, 3.05) is 19.8 Å². The van der Waals surface area contributed by atoms with Gasteiger partial charge in [-0.1, -0.05) is 19.1 Å². The van der Waals surface area contributed by atoms with E-state index >= 15 is 0 Å². The second kappa shape index (κ2) is 6.57. The van der Waals surface area contributed by atoms with Crippen molar-refractivity contribution < 1.29 is 18.3 Å². The average molecular weight is 359 g/mol. The molecule has 5 nitrogen and oxygen atoms in total. The van der Waals surface area contributed by atoms with E-state index in [1.165, 1.54) is 10.6 Å². The van der Waals surface area contributed by atoms with E-state index in [9.17, 15) is 8.78 Å². The van der Waals surface area contributed by atoms with Crippen LogP contribution in [0.2, 0.25) is 0 Å². The van der Waals surface area contributed by atoms with Crippen molar-refractivity contribution in [3.63, 3.8) is 0 Å². The molecule has 0 spiro atoms. The molecule has 0 aliphatic carbocycles. The number of para-hydroxylation sites is 1. The Morgan fingerprint density at radius 2 is 2.12 bits per heavy atom. The number of fused-ring (bicyclic) bond motifs is 2. The summed E-state index contributed by atoms with van der Waals surface area (Å²) in [6.07, 6.45) is 0. The molecule has 1 N–H and O–H groups in total. The van der Waals surface area contributed by atoms with Gasteiger partial charge in [0.15, 0.2) is 11.6 Å². The SMILES string of the molecule is CCN[C@@H]1COc2c1cccc2-n1c(OCC)nc2ccc(F)c(F)c21. The highest BCUT2D eigenvalue weighted by atomic mass is 19.2. The van der Waals surface area contributed by atoms with Crippen molar-refractivity contribution in [2.45, 2.75) is 19.9 Å². The molecule has 1 aromatic heterocycles. The number of nitrogens with one attached hydrogen (secondary N) is 1. The molecular formula is C19H19F2N3O2. The number of hydrogen-bond acceptors (Lipinski definition) is 4. The van der Waals surface area contributed by atoms with Crippen LogP contribution in [0.25, 0.3) is 16.7 Å². The van der Waals surface area contributed by atoms with E-state index in [0.29, 0.717) is 30.2 Å². The fraction of sp³-hybridized carbons (Fsp3) is 0.316. The quantitative estimate of drug-likeness (QED) is 0.754. The van der Waals surface area contributed by atoms with E-state index in [1.807, 2.05) is 26.0 Å². The van der Waals surface area contributed by atoms with Crippen LogP contribution in [-0.4, -0.2) is 29.3 Å². The Hall–Kier alpha value is -2.67. The van der Waals surface area contributed by atoms with Crippen LogP contribution < -0.4 is 14.8 Å². The molecule has 0 fully saturated rings. The lowest BCUT2D eigenvalue weighted by Gasteiger charge is -2.13. The fourth-order valence-corrected chi connectivity index (χ4v) is 3.35. The number of ether oxygens (including phenoxy) is 2. The number of rotatable bonds is 5. The molecule has 0 saturated carbocycles. The summed E-state index contributed by atoms with van der Waals surface area (Å²) in [7, 11) is 0. The molecule has 0 radical (unpaired) electrons. The minimum atomic E-state index is -0.959. The lowest BCUT2D eigenvalue weighted by Crippen LogP contribution is -2.21. The molecule has 0 bridgehead atoms. The van der Waals surface area contributed by atoms with Crippen molar-refractivity contribution in [3.05, 3.63) is 47.5 Å². The third-order valence-corrected chi connectivity index (χ3v) is 4.44. The molecule has 2 heterocycles. The predicted octanol–water partition coefficient (Wildman–Crippen LogP) is 3.75. The monoisotopic (exact) mass is 359 g/mol. The third-order valence-electron chi connectivity index (χ3n) is 4.44. The van der Waals surface area contributed by atoms with Crippen LogP contribution in [-0.2, 0) is 0 Å². The standard InChI is InChI=1S/C19H19F2N3O2/c1-3-22-14-10-26-18-11(14)6-5-7-15(18)24-17-13(23-19(24)25-4-2)9-8-12(20)16(17)21/h5-9,14,22H,3-4,10H2,1-2H3/t14-/m1/s1. The molecule has 4 rings (SSSR count). The van der Waals surface area contributed by atoms with E-state index in [2.05, 4.69) is 10.3 Å². The van der Waals surface area contributed by atoms with Crippen LogP contribution in [0.4, 0.5) is 8.78 Å². The molecule has 3 aromatic rings. The highest BCUT2D eigenvalue weighted by Gasteiger charge is 2.29. The summed E-state index contributed by atoms with van der Waals surface area (Å²) in [5.74, 6) is -1.26. The van der Waals surface area contributed by atoms with Gasteiger partial charge in [-0.15, -0.1) is 0 Å². The zero-order valence-corrected chi connectivity index (χ0v) is 14.6. The smallest absolute Gasteiger partial charge is 0.302 e. The topological polar surface area (TPSA) is 48.3 Å². The molecule has 26 heavy (non-hydrogen) atoms. The Balaban J connectivity index is 1.98. The van der Waals surface area contributed by atoms with Gasteiger partial charge >= 0.3 is 6.01 Å². The summed E-state index contributed by atoms with van der Waals surface area (Å²) in [6.45, 7) is 5.47. The lowest BCUT2D eigenvalue weighted by molar-refractivity contribution is 0.302. The second-order valence-electron chi connectivity index (χ2n) is 6.01. The molecule has 0 saturated heterocycles. The van der Waals surface area contributed by atoms with Crippen molar-refractivity contribution in [2.24, 2.45) is 0 Å². The Labute approximate surface area is 149 Å². The molecular weight excluding hydrogens is 340 g/mol. The summed E-state index contributed by atoms with van der Waals surface area (Å²) in [5, 5.41) is 3.36. The van der Waals surface area contributed by atoms with Crippen molar-refractivity contribution in [1.82, 2.24) is 14.9 Å². The minimum absolute atomic E-state index is 0.0392. The number of hydrogen-bond donors (Lipinski definition) is 1. The number of imidazole rings is 1. The zero-order valence-electron chi connectivity index (χ0n) is 14.6. The van der Waals surface area contributed by atoms with Crippen molar-refractivity contribution >= 4 is 11.0 Å². The summed E-state index contributed by atoms with van der Waals surface area (Å²) in [5.41, 5.74) is 1.92. The molecule has 136 valence electrons. The summed E-state index contributed by atoms with van der Waals surface area (Å²) >= 11 is 0. The Kier molecular flexibility index (Phi) is 4.24. The van der Waals surface area contributed by atoms with Gasteiger partial charge in [-0.2, -0.15) is 4.98 Å². The first-order valence-corrected chi connectivity index (χ1v) is 8.64. The van der Waals surface area contributed by atoms with Crippen LogP contribution in [0.5, 0.6) is 11.8 Å². The summed E-state index contributed by atoms with van der Waals surface area (Å²) < 4.78 is 41.5. The first-order chi connectivity index (χ1) is 12.7. The Bertz CT molecular complexity index is 971. The predicted molar refractivity (Wildman–Crippen MR) is 94.1 cm³/mol. The first kappa shape index (κ1) is 16.8. The van der Waals surface area contributed by atoms with E-state index in [1.54, 1.807) is 6.07 Å².